The van der Waals surface area contributed by atoms with Crippen LogP contribution in [-0.4, -0.2) is 30.3 Å². The lowest BCUT2D eigenvalue weighted by atomic mass is 10.2. The van der Waals surface area contributed by atoms with E-state index >= 15 is 0 Å². The number of imidazole rings is 1. The predicted molar refractivity (Wildman–Crippen MR) is 77.5 cm³/mol. The van der Waals surface area contributed by atoms with Crippen LogP contribution in [0.25, 0.3) is 0 Å². The zero-order valence-corrected chi connectivity index (χ0v) is 12.1. The van der Waals surface area contributed by atoms with Crippen molar-refractivity contribution in [2.45, 2.75) is 30.3 Å². The number of nitrogens with one attached hydrogen (secondary N) is 1. The summed E-state index contributed by atoms with van der Waals surface area (Å²) < 4.78 is 24.9. The van der Waals surface area contributed by atoms with Gasteiger partial charge >= 0.3 is 0 Å². The highest BCUT2D eigenvalue weighted by molar-refractivity contribution is 7.90. The molecule has 0 atom stereocenters. The van der Waals surface area contributed by atoms with Crippen LogP contribution >= 0.6 is 0 Å². The van der Waals surface area contributed by atoms with Gasteiger partial charge in [-0.25, -0.2) is 13.4 Å². The Hall–Kier alpha value is -1.82. The van der Waals surface area contributed by atoms with Gasteiger partial charge in [0.05, 0.1) is 11.4 Å². The Morgan fingerprint density at radius 3 is 2.60 bits per heavy atom. The van der Waals surface area contributed by atoms with E-state index < -0.39 is 9.84 Å². The summed E-state index contributed by atoms with van der Waals surface area (Å²) >= 11 is 0. The minimum atomic E-state index is -3.13. The monoisotopic (exact) mass is 291 g/mol. The molecule has 0 aliphatic heterocycles. The van der Waals surface area contributed by atoms with E-state index in [4.69, 9.17) is 0 Å². The molecule has 1 heterocycles. The maximum Gasteiger partial charge on any atom is 0.203 e. The third kappa shape index (κ3) is 3.01. The lowest BCUT2D eigenvalue weighted by molar-refractivity contribution is 0.602. The van der Waals surface area contributed by atoms with Crippen molar-refractivity contribution in [1.29, 1.82) is 0 Å². The molecule has 0 bridgehead atoms. The predicted octanol–water partition coefficient (Wildman–Crippen LogP) is 1.91. The maximum absolute atomic E-state index is 11.4. The van der Waals surface area contributed by atoms with Crippen molar-refractivity contribution >= 4 is 15.8 Å². The summed E-state index contributed by atoms with van der Waals surface area (Å²) in [7, 11) is -3.13. The van der Waals surface area contributed by atoms with Crippen LogP contribution in [0.15, 0.2) is 41.6 Å². The molecule has 1 aromatic heterocycles. The molecule has 106 valence electrons. The number of hydrogen-bond donors (Lipinski definition) is 1. The van der Waals surface area contributed by atoms with Crippen molar-refractivity contribution in [2.75, 3.05) is 11.6 Å². The fourth-order valence-corrected chi connectivity index (χ4v) is 2.66. The van der Waals surface area contributed by atoms with Crippen LogP contribution in [0.3, 0.4) is 0 Å². The molecule has 2 aromatic rings. The molecule has 0 radical (unpaired) electrons. The topological polar surface area (TPSA) is 64.0 Å². The van der Waals surface area contributed by atoms with Crippen LogP contribution in [0.1, 0.15) is 18.4 Å². The summed E-state index contributed by atoms with van der Waals surface area (Å²) in [5.74, 6) is 0.875. The zero-order valence-electron chi connectivity index (χ0n) is 11.3. The van der Waals surface area contributed by atoms with Crippen molar-refractivity contribution in [3.05, 3.63) is 42.2 Å². The van der Waals surface area contributed by atoms with Crippen molar-refractivity contribution < 1.29 is 8.42 Å². The molecular formula is C14H17N3O2S. The molecule has 1 aliphatic rings. The number of sulfone groups is 1. The minimum absolute atomic E-state index is 0.350. The van der Waals surface area contributed by atoms with E-state index in [-0.39, 0.29) is 0 Å². The first-order chi connectivity index (χ1) is 9.52. The van der Waals surface area contributed by atoms with Gasteiger partial charge in [0.2, 0.25) is 5.95 Å². The van der Waals surface area contributed by atoms with Gasteiger partial charge in [0, 0.05) is 24.7 Å². The second kappa shape index (κ2) is 4.94. The van der Waals surface area contributed by atoms with Crippen molar-refractivity contribution in [3.63, 3.8) is 0 Å². The van der Waals surface area contributed by atoms with Gasteiger partial charge in [-0.1, -0.05) is 12.1 Å². The Balaban J connectivity index is 1.76. The number of nitrogens with zero attached hydrogens (tertiary/aromatic N) is 2. The van der Waals surface area contributed by atoms with E-state index in [9.17, 15) is 8.42 Å². The first-order valence-electron chi connectivity index (χ1n) is 6.59. The van der Waals surface area contributed by atoms with E-state index in [1.165, 1.54) is 19.1 Å². The Bertz CT molecular complexity index is 700. The van der Waals surface area contributed by atoms with Gasteiger partial charge < -0.3 is 9.88 Å². The fraction of sp³-hybridized carbons (Fsp3) is 0.357. The highest BCUT2D eigenvalue weighted by Crippen LogP contribution is 2.24. The second-order valence-corrected chi connectivity index (χ2v) is 7.23. The third-order valence-electron chi connectivity index (χ3n) is 3.33. The van der Waals surface area contributed by atoms with Crippen LogP contribution in [-0.2, 0) is 16.4 Å². The molecule has 1 fully saturated rings. The summed E-state index contributed by atoms with van der Waals surface area (Å²) in [5, 5.41) is 3.38. The normalized spacial score (nSPS) is 15.2. The lowest BCUT2D eigenvalue weighted by Gasteiger charge is -2.09. The molecule has 1 aromatic carbocycles. The zero-order chi connectivity index (χ0) is 14.2. The largest absolute Gasteiger partial charge is 0.353 e. The SMILES string of the molecule is CS(=O)(=O)c1ccc(Cn2ccnc2NC2CC2)cc1. The van der Waals surface area contributed by atoms with Crippen molar-refractivity contribution in [3.8, 4) is 0 Å². The Morgan fingerprint density at radius 2 is 2.00 bits per heavy atom. The van der Waals surface area contributed by atoms with Gasteiger partial charge in [-0.3, -0.25) is 0 Å². The van der Waals surface area contributed by atoms with Gasteiger partial charge in [-0.2, -0.15) is 0 Å². The maximum atomic E-state index is 11.4. The van der Waals surface area contributed by atoms with Gasteiger partial charge in [0.25, 0.3) is 0 Å². The molecule has 20 heavy (non-hydrogen) atoms. The van der Waals surface area contributed by atoms with Crippen LogP contribution in [0.2, 0.25) is 0 Å². The molecule has 1 N–H and O–H groups in total. The van der Waals surface area contributed by atoms with Crippen molar-refractivity contribution in [1.82, 2.24) is 9.55 Å². The first-order valence-corrected chi connectivity index (χ1v) is 8.48. The first kappa shape index (κ1) is 13.2. The fourth-order valence-electron chi connectivity index (χ4n) is 2.03. The molecular weight excluding hydrogens is 274 g/mol. The van der Waals surface area contributed by atoms with Gasteiger partial charge in [0.1, 0.15) is 0 Å². The molecule has 0 amide bonds. The summed E-state index contributed by atoms with van der Waals surface area (Å²) in [6.07, 6.45) is 7.33. The summed E-state index contributed by atoms with van der Waals surface area (Å²) in [4.78, 5) is 4.66. The molecule has 1 saturated carbocycles. The van der Waals surface area contributed by atoms with Crippen LogP contribution in [0.5, 0.6) is 0 Å². The number of hydrogen-bond acceptors (Lipinski definition) is 4. The quantitative estimate of drug-likeness (QED) is 0.914. The Kier molecular flexibility index (Phi) is 3.25. The molecule has 0 saturated heterocycles. The van der Waals surface area contributed by atoms with Crippen LogP contribution < -0.4 is 5.32 Å². The molecule has 3 rings (SSSR count). The molecule has 6 heteroatoms. The summed E-state index contributed by atoms with van der Waals surface area (Å²) in [6.45, 7) is 0.680. The second-order valence-electron chi connectivity index (χ2n) is 5.21. The number of rotatable bonds is 5. The minimum Gasteiger partial charge on any atom is -0.353 e. The third-order valence-corrected chi connectivity index (χ3v) is 4.46. The Morgan fingerprint density at radius 1 is 1.30 bits per heavy atom. The highest BCUT2D eigenvalue weighted by Gasteiger charge is 2.22. The van der Waals surface area contributed by atoms with Gasteiger partial charge in [-0.05, 0) is 30.5 Å². The van der Waals surface area contributed by atoms with Crippen molar-refractivity contribution in [2.24, 2.45) is 0 Å². The van der Waals surface area contributed by atoms with E-state index in [2.05, 4.69) is 10.3 Å². The average Bonchev–Trinajstić information content (AvgIpc) is 3.10. The smallest absolute Gasteiger partial charge is 0.203 e. The average molecular weight is 291 g/mol. The van der Waals surface area contributed by atoms with Crippen LogP contribution in [0.4, 0.5) is 5.95 Å². The van der Waals surface area contributed by atoms with E-state index in [0.29, 0.717) is 17.5 Å². The standard InChI is InChI=1S/C14H17N3O2S/c1-20(18,19)13-6-2-11(3-7-13)10-17-9-8-15-14(17)16-12-4-5-12/h2-3,6-9,12H,4-5,10H2,1H3,(H,15,16). The van der Waals surface area contributed by atoms with Crippen LogP contribution in [0, 0.1) is 0 Å². The highest BCUT2D eigenvalue weighted by atomic mass is 32.2. The van der Waals surface area contributed by atoms with Gasteiger partial charge in [-0.15, -0.1) is 0 Å². The number of aromatic nitrogens is 2. The number of anilines is 1. The van der Waals surface area contributed by atoms with E-state index in [1.54, 1.807) is 18.3 Å². The Labute approximate surface area is 118 Å². The molecule has 0 unspecified atom stereocenters. The van der Waals surface area contributed by atoms with Gasteiger partial charge in [0.15, 0.2) is 9.84 Å². The summed E-state index contributed by atoms with van der Waals surface area (Å²) in [6, 6.07) is 7.54. The van der Waals surface area contributed by atoms with E-state index in [1.807, 2.05) is 22.9 Å². The molecule has 5 nitrogen and oxygen atoms in total. The van der Waals surface area contributed by atoms with E-state index in [0.717, 1.165) is 11.5 Å². The molecule has 1 aliphatic carbocycles. The summed E-state index contributed by atoms with van der Waals surface area (Å²) in [5.41, 5.74) is 1.05. The lowest BCUT2D eigenvalue weighted by Crippen LogP contribution is -2.09. The molecule has 0 spiro atoms. The number of benzene rings is 1.